The number of ether oxygens (including phenoxy) is 2. The van der Waals surface area contributed by atoms with E-state index in [0.29, 0.717) is 22.7 Å². The molecule has 33 heavy (non-hydrogen) atoms. The molecule has 3 aromatic rings. The summed E-state index contributed by atoms with van der Waals surface area (Å²) >= 11 is 3.39. The second kappa shape index (κ2) is 10.9. The van der Waals surface area contributed by atoms with Crippen molar-refractivity contribution < 1.29 is 19.2 Å². The summed E-state index contributed by atoms with van der Waals surface area (Å²) in [7, 11) is 1.50. The minimum absolute atomic E-state index is 0.104. The van der Waals surface area contributed by atoms with Crippen LogP contribution in [0, 0.1) is 21.4 Å². The number of para-hydroxylation sites is 1. The van der Waals surface area contributed by atoms with Crippen molar-refractivity contribution in [3.8, 4) is 17.6 Å². The lowest BCUT2D eigenvalue weighted by Crippen LogP contribution is -2.13. The molecule has 0 fully saturated rings. The van der Waals surface area contributed by atoms with Crippen molar-refractivity contribution in [1.29, 1.82) is 5.26 Å². The molecule has 0 aromatic heterocycles. The maximum Gasteiger partial charge on any atom is 0.269 e. The zero-order valence-corrected chi connectivity index (χ0v) is 19.0. The van der Waals surface area contributed by atoms with Gasteiger partial charge in [0.25, 0.3) is 11.6 Å². The molecule has 0 spiro atoms. The Morgan fingerprint density at radius 3 is 2.45 bits per heavy atom. The summed E-state index contributed by atoms with van der Waals surface area (Å²) in [6, 6.07) is 20.0. The quantitative estimate of drug-likeness (QED) is 0.186. The molecule has 1 N–H and O–H groups in total. The average Bonchev–Trinajstić information content (AvgIpc) is 2.82. The molecular weight excluding hydrogens is 490 g/mol. The van der Waals surface area contributed by atoms with Crippen LogP contribution in [-0.2, 0) is 11.4 Å². The third-order valence-electron chi connectivity index (χ3n) is 4.53. The molecule has 0 saturated carbocycles. The standard InChI is InChI=1S/C24H18BrN3O5/c1-32-22-4-2-3-17(23(22)33-15-16-5-7-19(25)8-6-16)13-18(14-26)24(29)27-20-9-11-21(12-10-20)28(30)31/h2-13H,15H2,1H3,(H,27,29)/b18-13+. The number of amides is 1. The van der Waals surface area contributed by atoms with Crippen LogP contribution in [-0.4, -0.2) is 17.9 Å². The second-order valence-corrected chi connectivity index (χ2v) is 7.64. The summed E-state index contributed by atoms with van der Waals surface area (Å²) in [5, 5.41) is 22.9. The van der Waals surface area contributed by atoms with E-state index in [1.54, 1.807) is 18.2 Å². The van der Waals surface area contributed by atoms with Gasteiger partial charge in [-0.05, 0) is 42.0 Å². The van der Waals surface area contributed by atoms with E-state index in [-0.39, 0.29) is 17.9 Å². The van der Waals surface area contributed by atoms with Crippen LogP contribution in [0.3, 0.4) is 0 Å². The number of nitro groups is 1. The highest BCUT2D eigenvalue weighted by molar-refractivity contribution is 9.10. The Morgan fingerprint density at radius 2 is 1.85 bits per heavy atom. The number of hydrogen-bond donors (Lipinski definition) is 1. The van der Waals surface area contributed by atoms with Crippen LogP contribution in [0.15, 0.2) is 76.8 Å². The zero-order chi connectivity index (χ0) is 23.8. The number of benzene rings is 3. The summed E-state index contributed by atoms with van der Waals surface area (Å²) in [4.78, 5) is 22.9. The smallest absolute Gasteiger partial charge is 0.269 e. The Balaban J connectivity index is 1.84. The van der Waals surface area contributed by atoms with Gasteiger partial charge in [-0.25, -0.2) is 0 Å². The molecule has 3 rings (SSSR count). The SMILES string of the molecule is COc1cccc(/C=C(\C#N)C(=O)Nc2ccc([N+](=O)[O-])cc2)c1OCc1ccc(Br)cc1. The molecule has 0 aliphatic rings. The molecule has 9 heteroatoms. The zero-order valence-electron chi connectivity index (χ0n) is 17.4. The van der Waals surface area contributed by atoms with E-state index < -0.39 is 10.8 Å². The van der Waals surface area contributed by atoms with Gasteiger partial charge in [0.05, 0.1) is 12.0 Å². The lowest BCUT2D eigenvalue weighted by molar-refractivity contribution is -0.384. The molecule has 0 aliphatic carbocycles. The lowest BCUT2D eigenvalue weighted by Gasteiger charge is -2.14. The fourth-order valence-corrected chi connectivity index (χ4v) is 3.13. The summed E-state index contributed by atoms with van der Waals surface area (Å²) < 4.78 is 12.3. The van der Waals surface area contributed by atoms with Gasteiger partial charge in [0.2, 0.25) is 0 Å². The Morgan fingerprint density at radius 1 is 1.15 bits per heavy atom. The van der Waals surface area contributed by atoms with E-state index in [0.717, 1.165) is 10.0 Å². The number of carbonyl (C=O) groups is 1. The first-order valence-corrected chi connectivity index (χ1v) is 10.4. The van der Waals surface area contributed by atoms with Crippen LogP contribution in [0.2, 0.25) is 0 Å². The van der Waals surface area contributed by atoms with E-state index in [1.165, 1.54) is 37.5 Å². The van der Waals surface area contributed by atoms with Crippen molar-refractivity contribution in [2.75, 3.05) is 12.4 Å². The monoisotopic (exact) mass is 507 g/mol. The number of anilines is 1. The van der Waals surface area contributed by atoms with E-state index in [9.17, 15) is 20.2 Å². The van der Waals surface area contributed by atoms with Crippen molar-refractivity contribution in [3.63, 3.8) is 0 Å². The fourth-order valence-electron chi connectivity index (χ4n) is 2.87. The van der Waals surface area contributed by atoms with Crippen molar-refractivity contribution in [1.82, 2.24) is 0 Å². The Bertz CT molecular complexity index is 1230. The highest BCUT2D eigenvalue weighted by atomic mass is 79.9. The molecule has 0 bridgehead atoms. The molecule has 0 saturated heterocycles. The lowest BCUT2D eigenvalue weighted by atomic mass is 10.1. The van der Waals surface area contributed by atoms with Crippen LogP contribution < -0.4 is 14.8 Å². The van der Waals surface area contributed by atoms with Gasteiger partial charge in [0, 0.05) is 27.9 Å². The molecule has 1 amide bonds. The normalized spacial score (nSPS) is 10.8. The van der Waals surface area contributed by atoms with E-state index >= 15 is 0 Å². The van der Waals surface area contributed by atoms with Gasteiger partial charge in [-0.2, -0.15) is 5.26 Å². The number of nitrogens with one attached hydrogen (secondary N) is 1. The second-order valence-electron chi connectivity index (χ2n) is 6.72. The number of rotatable bonds is 8. The number of halogens is 1. The summed E-state index contributed by atoms with van der Waals surface area (Å²) in [5.74, 6) is 0.181. The van der Waals surface area contributed by atoms with E-state index in [4.69, 9.17) is 9.47 Å². The topological polar surface area (TPSA) is 114 Å². The molecule has 0 unspecified atom stereocenters. The van der Waals surface area contributed by atoms with Gasteiger partial charge >= 0.3 is 0 Å². The maximum atomic E-state index is 12.6. The van der Waals surface area contributed by atoms with Gasteiger partial charge in [-0.15, -0.1) is 0 Å². The Labute approximate surface area is 198 Å². The van der Waals surface area contributed by atoms with Gasteiger partial charge in [0.1, 0.15) is 18.2 Å². The van der Waals surface area contributed by atoms with Crippen molar-refractivity contribution in [2.24, 2.45) is 0 Å². The summed E-state index contributed by atoms with van der Waals surface area (Å²) in [6.07, 6.45) is 1.40. The van der Waals surface area contributed by atoms with Crippen molar-refractivity contribution >= 4 is 39.3 Å². The minimum atomic E-state index is -0.659. The predicted molar refractivity (Wildman–Crippen MR) is 127 cm³/mol. The van der Waals surface area contributed by atoms with E-state index in [2.05, 4.69) is 21.2 Å². The van der Waals surface area contributed by atoms with Crippen LogP contribution >= 0.6 is 15.9 Å². The molecule has 8 nitrogen and oxygen atoms in total. The first-order valence-electron chi connectivity index (χ1n) is 9.63. The number of hydrogen-bond acceptors (Lipinski definition) is 6. The number of nitro benzene ring substituents is 1. The maximum absolute atomic E-state index is 12.6. The summed E-state index contributed by atoms with van der Waals surface area (Å²) in [6.45, 7) is 0.255. The number of nitriles is 1. The van der Waals surface area contributed by atoms with Crippen LogP contribution in [0.25, 0.3) is 6.08 Å². The van der Waals surface area contributed by atoms with Crippen LogP contribution in [0.5, 0.6) is 11.5 Å². The summed E-state index contributed by atoms with van der Waals surface area (Å²) in [5.41, 5.74) is 1.46. The molecule has 0 heterocycles. The van der Waals surface area contributed by atoms with Crippen molar-refractivity contribution in [2.45, 2.75) is 6.61 Å². The van der Waals surface area contributed by atoms with Gasteiger partial charge in [-0.3, -0.25) is 14.9 Å². The van der Waals surface area contributed by atoms with Crippen molar-refractivity contribution in [3.05, 3.63) is 98.0 Å². The molecule has 0 radical (unpaired) electrons. The highest BCUT2D eigenvalue weighted by Crippen LogP contribution is 2.33. The average molecular weight is 508 g/mol. The largest absolute Gasteiger partial charge is 0.493 e. The fraction of sp³-hybridized carbons (Fsp3) is 0.0833. The van der Waals surface area contributed by atoms with E-state index in [1.807, 2.05) is 30.3 Å². The predicted octanol–water partition coefficient (Wildman–Crippen LogP) is 5.49. The first-order chi connectivity index (χ1) is 15.9. The first kappa shape index (κ1) is 23.5. The number of nitrogens with zero attached hydrogens (tertiary/aromatic N) is 2. The highest BCUT2D eigenvalue weighted by Gasteiger charge is 2.15. The number of non-ortho nitro benzene ring substituents is 1. The third-order valence-corrected chi connectivity index (χ3v) is 5.06. The molecule has 0 atom stereocenters. The minimum Gasteiger partial charge on any atom is -0.493 e. The number of carbonyl (C=O) groups excluding carboxylic acids is 1. The van der Waals surface area contributed by atoms with Gasteiger partial charge in [-0.1, -0.05) is 40.2 Å². The Hall–Kier alpha value is -4.16. The van der Waals surface area contributed by atoms with Crippen LogP contribution in [0.1, 0.15) is 11.1 Å². The molecule has 0 aliphatic heterocycles. The van der Waals surface area contributed by atoms with Gasteiger partial charge in [0.15, 0.2) is 11.5 Å². The molecule has 3 aromatic carbocycles. The molecule has 166 valence electrons. The number of methoxy groups -OCH3 is 1. The van der Waals surface area contributed by atoms with Crippen LogP contribution in [0.4, 0.5) is 11.4 Å². The third kappa shape index (κ3) is 6.18. The Kier molecular flexibility index (Phi) is 7.78. The molecular formula is C24H18BrN3O5. The van der Waals surface area contributed by atoms with Gasteiger partial charge < -0.3 is 14.8 Å².